The molecule has 0 saturated carbocycles. The fraction of sp³-hybridized carbons (Fsp3) is 0.500. The van der Waals surface area contributed by atoms with Gasteiger partial charge < -0.3 is 15.6 Å². The van der Waals surface area contributed by atoms with Gasteiger partial charge >= 0.3 is 6.09 Å². The molecule has 1 aromatic carbocycles. The van der Waals surface area contributed by atoms with Crippen LogP contribution < -0.4 is 11.1 Å². The zero-order valence-corrected chi connectivity index (χ0v) is 11.9. The molecule has 0 unspecified atom stereocenters. The number of nitrogens with two attached hydrogens (primary N) is 1. The standard InChI is InChI=1S/C14H22N2O3/c1-9-7-10(11(15)8-17)5-6-12(9)16-13(18)19-14(2,3)4/h5-7,11,17H,8,15H2,1-4H3,(H,16,18)/t11-/m1/s1. The second-order valence-corrected chi connectivity index (χ2v) is 5.49. The van der Waals surface area contributed by atoms with E-state index in [2.05, 4.69) is 5.32 Å². The van der Waals surface area contributed by atoms with E-state index in [0.717, 1.165) is 11.1 Å². The Kier molecular flexibility index (Phi) is 4.91. The van der Waals surface area contributed by atoms with Crippen LogP contribution in [0.2, 0.25) is 0 Å². The van der Waals surface area contributed by atoms with Crippen LogP contribution in [-0.4, -0.2) is 23.4 Å². The third-order valence-corrected chi connectivity index (χ3v) is 2.51. The molecule has 0 saturated heterocycles. The van der Waals surface area contributed by atoms with Crippen molar-refractivity contribution in [3.05, 3.63) is 29.3 Å². The Bertz CT molecular complexity index is 452. The molecule has 0 aliphatic heterocycles. The van der Waals surface area contributed by atoms with E-state index in [1.807, 2.05) is 33.8 Å². The van der Waals surface area contributed by atoms with E-state index in [0.29, 0.717) is 5.69 Å². The van der Waals surface area contributed by atoms with Gasteiger partial charge in [-0.2, -0.15) is 0 Å². The van der Waals surface area contributed by atoms with Crippen molar-refractivity contribution in [3.63, 3.8) is 0 Å². The number of nitrogens with one attached hydrogen (secondary N) is 1. The van der Waals surface area contributed by atoms with E-state index in [-0.39, 0.29) is 6.61 Å². The number of hydrogen-bond donors (Lipinski definition) is 3. The molecule has 0 radical (unpaired) electrons. The summed E-state index contributed by atoms with van der Waals surface area (Å²) in [4.78, 5) is 11.7. The first kappa shape index (κ1) is 15.5. The maximum atomic E-state index is 11.7. The number of rotatable bonds is 3. The highest BCUT2D eigenvalue weighted by Crippen LogP contribution is 2.20. The molecule has 4 N–H and O–H groups in total. The summed E-state index contributed by atoms with van der Waals surface area (Å²) in [5.41, 5.74) is 7.57. The van der Waals surface area contributed by atoms with Crippen LogP contribution >= 0.6 is 0 Å². The average molecular weight is 266 g/mol. The first-order valence-electron chi connectivity index (χ1n) is 6.20. The Morgan fingerprint density at radius 3 is 2.58 bits per heavy atom. The van der Waals surface area contributed by atoms with Gasteiger partial charge in [-0.25, -0.2) is 4.79 Å². The summed E-state index contributed by atoms with van der Waals surface area (Å²) >= 11 is 0. The predicted octanol–water partition coefficient (Wildman–Crippen LogP) is 2.33. The number of aliphatic hydroxyl groups excluding tert-OH is 1. The summed E-state index contributed by atoms with van der Waals surface area (Å²) in [7, 11) is 0. The number of carbonyl (C=O) groups excluding carboxylic acids is 1. The smallest absolute Gasteiger partial charge is 0.412 e. The normalized spacial score (nSPS) is 12.9. The van der Waals surface area contributed by atoms with Gasteiger partial charge in [0, 0.05) is 5.69 Å². The highest BCUT2D eigenvalue weighted by molar-refractivity contribution is 5.85. The lowest BCUT2D eigenvalue weighted by atomic mass is 10.0. The lowest BCUT2D eigenvalue weighted by molar-refractivity contribution is 0.0636. The van der Waals surface area contributed by atoms with E-state index in [4.69, 9.17) is 15.6 Å². The van der Waals surface area contributed by atoms with E-state index >= 15 is 0 Å². The van der Waals surface area contributed by atoms with Gasteiger partial charge in [0.25, 0.3) is 0 Å². The highest BCUT2D eigenvalue weighted by Gasteiger charge is 2.17. The van der Waals surface area contributed by atoms with E-state index in [1.165, 1.54) is 0 Å². The zero-order chi connectivity index (χ0) is 14.6. The van der Waals surface area contributed by atoms with Gasteiger partial charge in [-0.1, -0.05) is 12.1 Å². The quantitative estimate of drug-likeness (QED) is 0.784. The largest absolute Gasteiger partial charge is 0.444 e. The molecule has 0 aliphatic rings. The second kappa shape index (κ2) is 6.04. The first-order valence-corrected chi connectivity index (χ1v) is 6.20. The predicted molar refractivity (Wildman–Crippen MR) is 75.0 cm³/mol. The van der Waals surface area contributed by atoms with Crippen molar-refractivity contribution in [2.75, 3.05) is 11.9 Å². The number of aliphatic hydroxyl groups is 1. The van der Waals surface area contributed by atoms with Gasteiger partial charge in [0.2, 0.25) is 0 Å². The second-order valence-electron chi connectivity index (χ2n) is 5.49. The number of anilines is 1. The molecule has 1 aromatic rings. The molecule has 0 bridgehead atoms. The topological polar surface area (TPSA) is 84.6 Å². The molecule has 106 valence electrons. The number of benzene rings is 1. The molecule has 1 atom stereocenters. The van der Waals surface area contributed by atoms with Crippen molar-refractivity contribution in [1.82, 2.24) is 0 Å². The summed E-state index contributed by atoms with van der Waals surface area (Å²) in [6.07, 6.45) is -0.491. The number of ether oxygens (including phenoxy) is 1. The van der Waals surface area contributed by atoms with Gasteiger partial charge in [-0.15, -0.1) is 0 Å². The van der Waals surface area contributed by atoms with Crippen molar-refractivity contribution >= 4 is 11.8 Å². The van der Waals surface area contributed by atoms with Crippen molar-refractivity contribution in [3.8, 4) is 0 Å². The van der Waals surface area contributed by atoms with Crippen LogP contribution in [0, 0.1) is 6.92 Å². The fourth-order valence-electron chi connectivity index (χ4n) is 1.58. The first-order chi connectivity index (χ1) is 8.73. The zero-order valence-electron chi connectivity index (χ0n) is 11.9. The molecule has 1 amide bonds. The van der Waals surface area contributed by atoms with Crippen LogP contribution in [0.1, 0.15) is 37.9 Å². The van der Waals surface area contributed by atoms with Crippen LogP contribution in [0.3, 0.4) is 0 Å². The Hall–Kier alpha value is -1.59. The minimum absolute atomic E-state index is 0.113. The van der Waals surface area contributed by atoms with Crippen LogP contribution in [-0.2, 0) is 4.74 Å². The molecule has 0 spiro atoms. The van der Waals surface area contributed by atoms with Crippen LogP contribution in [0.25, 0.3) is 0 Å². The van der Waals surface area contributed by atoms with Gasteiger partial charge in [0.15, 0.2) is 0 Å². The lowest BCUT2D eigenvalue weighted by Crippen LogP contribution is -2.27. The number of aryl methyl sites for hydroxylation is 1. The van der Waals surface area contributed by atoms with E-state index in [9.17, 15) is 4.79 Å². The summed E-state index contributed by atoms with van der Waals surface area (Å²) < 4.78 is 5.18. The van der Waals surface area contributed by atoms with Crippen molar-refractivity contribution < 1.29 is 14.6 Å². The number of hydrogen-bond acceptors (Lipinski definition) is 4. The van der Waals surface area contributed by atoms with Gasteiger partial charge in [0.1, 0.15) is 5.60 Å². The minimum atomic E-state index is -0.531. The Morgan fingerprint density at radius 1 is 1.47 bits per heavy atom. The third-order valence-electron chi connectivity index (χ3n) is 2.51. The Balaban J connectivity index is 2.78. The number of carbonyl (C=O) groups is 1. The van der Waals surface area contributed by atoms with Crippen LogP contribution in [0.4, 0.5) is 10.5 Å². The fourth-order valence-corrected chi connectivity index (χ4v) is 1.58. The summed E-state index contributed by atoms with van der Waals surface area (Å²) in [6, 6.07) is 4.97. The Labute approximate surface area is 113 Å². The van der Waals surface area contributed by atoms with Crippen molar-refractivity contribution in [1.29, 1.82) is 0 Å². The van der Waals surface area contributed by atoms with E-state index in [1.54, 1.807) is 12.1 Å². The Morgan fingerprint density at radius 2 is 2.11 bits per heavy atom. The molecule has 0 aliphatic carbocycles. The van der Waals surface area contributed by atoms with Gasteiger partial charge in [0.05, 0.1) is 12.6 Å². The van der Waals surface area contributed by atoms with Crippen LogP contribution in [0.5, 0.6) is 0 Å². The SMILES string of the molecule is Cc1cc([C@H](N)CO)ccc1NC(=O)OC(C)(C)C. The maximum Gasteiger partial charge on any atom is 0.412 e. The van der Waals surface area contributed by atoms with Gasteiger partial charge in [-0.05, 0) is 44.9 Å². The summed E-state index contributed by atoms with van der Waals surface area (Å²) in [5, 5.41) is 11.7. The molecule has 5 heteroatoms. The van der Waals surface area contributed by atoms with Gasteiger partial charge in [-0.3, -0.25) is 5.32 Å². The third kappa shape index (κ3) is 4.89. The highest BCUT2D eigenvalue weighted by atomic mass is 16.6. The van der Waals surface area contributed by atoms with Crippen molar-refractivity contribution in [2.45, 2.75) is 39.3 Å². The summed E-state index contributed by atoms with van der Waals surface area (Å²) in [6.45, 7) is 7.17. The molecule has 0 heterocycles. The molecule has 0 fully saturated rings. The molecule has 5 nitrogen and oxygen atoms in total. The van der Waals surface area contributed by atoms with E-state index < -0.39 is 17.7 Å². The maximum absolute atomic E-state index is 11.7. The lowest BCUT2D eigenvalue weighted by Gasteiger charge is -2.20. The molecule has 1 rings (SSSR count). The molecular formula is C14H22N2O3. The average Bonchev–Trinajstić information content (AvgIpc) is 2.28. The number of amides is 1. The molecule has 19 heavy (non-hydrogen) atoms. The summed E-state index contributed by atoms with van der Waals surface area (Å²) in [5.74, 6) is 0. The molecule has 0 aromatic heterocycles. The monoisotopic (exact) mass is 266 g/mol. The minimum Gasteiger partial charge on any atom is -0.444 e. The van der Waals surface area contributed by atoms with Crippen LogP contribution in [0.15, 0.2) is 18.2 Å². The van der Waals surface area contributed by atoms with Crippen molar-refractivity contribution in [2.24, 2.45) is 5.73 Å². The molecular weight excluding hydrogens is 244 g/mol.